The molecule has 0 saturated carbocycles. The van der Waals surface area contributed by atoms with Crippen molar-refractivity contribution in [3.05, 3.63) is 70.8 Å². The first-order valence-corrected chi connectivity index (χ1v) is 10.7. The highest BCUT2D eigenvalue weighted by Gasteiger charge is 2.49. The zero-order chi connectivity index (χ0) is 24.0. The predicted octanol–water partition coefficient (Wildman–Crippen LogP) is 4.12. The Bertz CT molecular complexity index is 1240. The Kier molecular flexibility index (Phi) is 5.36. The minimum Gasteiger partial charge on any atom is -0.508 e. The fourth-order valence-electron chi connectivity index (χ4n) is 5.15. The van der Waals surface area contributed by atoms with Gasteiger partial charge in [0.15, 0.2) is 11.5 Å². The lowest BCUT2D eigenvalue weighted by atomic mass is 9.79. The van der Waals surface area contributed by atoms with Crippen LogP contribution in [0.1, 0.15) is 34.1 Å². The molecule has 0 aromatic heterocycles. The van der Waals surface area contributed by atoms with Gasteiger partial charge in [0.25, 0.3) is 0 Å². The molecule has 3 atom stereocenters. The smallest absolute Gasteiger partial charge is 0.308 e. The summed E-state index contributed by atoms with van der Waals surface area (Å²) in [5.41, 5.74) is 2.84. The molecular weight excluding hydrogens is 440 g/mol. The molecule has 2 N–H and O–H groups in total. The molecule has 5 rings (SSSR count). The zero-order valence-electron chi connectivity index (χ0n) is 18.9. The average Bonchev–Trinajstić information content (AvgIpc) is 3.44. The average molecular weight is 464 g/mol. The molecule has 3 aromatic carbocycles. The Morgan fingerprint density at radius 3 is 2.21 bits per heavy atom. The van der Waals surface area contributed by atoms with Crippen LogP contribution in [0.5, 0.6) is 34.5 Å². The number of hydrogen-bond donors (Lipinski definition) is 2. The van der Waals surface area contributed by atoms with Gasteiger partial charge in [0.1, 0.15) is 23.0 Å². The van der Waals surface area contributed by atoms with Crippen LogP contribution in [0.2, 0.25) is 0 Å². The predicted molar refractivity (Wildman–Crippen MR) is 122 cm³/mol. The van der Waals surface area contributed by atoms with Gasteiger partial charge in [-0.3, -0.25) is 4.79 Å². The molecule has 1 aliphatic carbocycles. The summed E-state index contributed by atoms with van der Waals surface area (Å²) in [6.07, 6.45) is 0. The van der Waals surface area contributed by atoms with Gasteiger partial charge in [-0.25, -0.2) is 0 Å². The molecule has 1 heterocycles. The maximum atomic E-state index is 12.9. The van der Waals surface area contributed by atoms with E-state index >= 15 is 0 Å². The molecule has 34 heavy (non-hydrogen) atoms. The van der Waals surface area contributed by atoms with Gasteiger partial charge in [-0.05, 0) is 41.0 Å². The lowest BCUT2D eigenvalue weighted by molar-refractivity contribution is -0.142. The van der Waals surface area contributed by atoms with Crippen molar-refractivity contribution in [1.29, 1.82) is 0 Å². The molecule has 2 aliphatic rings. The molecule has 8 nitrogen and oxygen atoms in total. The second-order valence-corrected chi connectivity index (χ2v) is 8.19. The molecule has 0 fully saturated rings. The minimum absolute atomic E-state index is 0.0583. The molecular formula is C26H24O8. The van der Waals surface area contributed by atoms with Crippen molar-refractivity contribution < 1.29 is 38.7 Å². The molecule has 3 aromatic rings. The Morgan fingerprint density at radius 2 is 1.56 bits per heavy atom. The number of carboxylic acids is 1. The van der Waals surface area contributed by atoms with Crippen molar-refractivity contribution >= 4 is 5.97 Å². The van der Waals surface area contributed by atoms with Gasteiger partial charge in [0, 0.05) is 29.5 Å². The Balaban J connectivity index is 1.76. The van der Waals surface area contributed by atoms with Crippen molar-refractivity contribution in [2.24, 2.45) is 5.92 Å². The van der Waals surface area contributed by atoms with Gasteiger partial charge in [-0.2, -0.15) is 0 Å². The SMILES string of the molecule is COc1cc(OC)c(C2c3ccc(O)cc3C(c3ccc4c(c3)OCO4)C2C(=O)O)c(OC)c1. The van der Waals surface area contributed by atoms with Crippen LogP contribution in [-0.4, -0.2) is 44.3 Å². The van der Waals surface area contributed by atoms with Gasteiger partial charge in [-0.1, -0.05) is 12.1 Å². The third-order valence-electron chi connectivity index (χ3n) is 6.56. The van der Waals surface area contributed by atoms with Crippen LogP contribution < -0.4 is 23.7 Å². The number of carbonyl (C=O) groups is 1. The maximum absolute atomic E-state index is 12.9. The van der Waals surface area contributed by atoms with Crippen molar-refractivity contribution in [3.63, 3.8) is 0 Å². The minimum atomic E-state index is -0.983. The van der Waals surface area contributed by atoms with Gasteiger partial charge in [0.05, 0.1) is 27.2 Å². The maximum Gasteiger partial charge on any atom is 0.308 e. The molecule has 0 saturated heterocycles. The van der Waals surface area contributed by atoms with E-state index in [4.69, 9.17) is 23.7 Å². The summed E-state index contributed by atoms with van der Waals surface area (Å²) in [5, 5.41) is 20.8. The fourth-order valence-corrected chi connectivity index (χ4v) is 5.15. The number of aromatic hydroxyl groups is 1. The van der Waals surface area contributed by atoms with E-state index in [-0.39, 0.29) is 12.5 Å². The number of rotatable bonds is 6. The summed E-state index contributed by atoms with van der Waals surface area (Å²) >= 11 is 0. The van der Waals surface area contributed by atoms with Crippen molar-refractivity contribution in [2.45, 2.75) is 11.8 Å². The first-order chi connectivity index (χ1) is 16.5. The summed E-state index contributed by atoms with van der Waals surface area (Å²) in [5.74, 6) is -0.392. The summed E-state index contributed by atoms with van der Waals surface area (Å²) in [7, 11) is 4.59. The van der Waals surface area contributed by atoms with E-state index in [1.54, 1.807) is 36.4 Å². The molecule has 0 amide bonds. The van der Waals surface area contributed by atoms with Crippen LogP contribution >= 0.6 is 0 Å². The summed E-state index contributed by atoms with van der Waals surface area (Å²) in [6, 6.07) is 13.8. The number of methoxy groups -OCH3 is 3. The van der Waals surface area contributed by atoms with Gasteiger partial charge >= 0.3 is 5.97 Å². The van der Waals surface area contributed by atoms with Crippen molar-refractivity contribution in [3.8, 4) is 34.5 Å². The number of phenols is 1. The number of phenolic OH excluding ortho intramolecular Hbond substituents is 1. The lowest BCUT2D eigenvalue weighted by Crippen LogP contribution is -2.24. The van der Waals surface area contributed by atoms with E-state index in [9.17, 15) is 15.0 Å². The number of fused-ring (bicyclic) bond motifs is 2. The summed E-state index contributed by atoms with van der Waals surface area (Å²) in [6.45, 7) is 0.117. The molecule has 0 bridgehead atoms. The number of hydrogen-bond acceptors (Lipinski definition) is 7. The van der Waals surface area contributed by atoms with Gasteiger partial charge < -0.3 is 33.9 Å². The monoisotopic (exact) mass is 464 g/mol. The number of carboxylic acid groups (broad SMARTS) is 1. The van der Waals surface area contributed by atoms with Crippen LogP contribution in [0.25, 0.3) is 0 Å². The third-order valence-corrected chi connectivity index (χ3v) is 6.56. The summed E-state index contributed by atoms with van der Waals surface area (Å²) in [4.78, 5) is 12.9. The van der Waals surface area contributed by atoms with Crippen molar-refractivity contribution in [2.75, 3.05) is 28.1 Å². The van der Waals surface area contributed by atoms with E-state index in [2.05, 4.69) is 0 Å². The largest absolute Gasteiger partial charge is 0.508 e. The van der Waals surface area contributed by atoms with E-state index < -0.39 is 23.7 Å². The quantitative estimate of drug-likeness (QED) is 0.561. The highest BCUT2D eigenvalue weighted by molar-refractivity contribution is 5.79. The Hall–Kier alpha value is -4.07. The molecule has 3 unspecified atom stereocenters. The third kappa shape index (κ3) is 3.34. The van der Waals surface area contributed by atoms with E-state index in [1.165, 1.54) is 21.3 Å². The van der Waals surface area contributed by atoms with Crippen molar-refractivity contribution in [1.82, 2.24) is 0 Å². The Labute approximate surface area is 196 Å². The molecule has 0 radical (unpaired) electrons. The first-order valence-electron chi connectivity index (χ1n) is 10.7. The van der Waals surface area contributed by atoms with Crippen LogP contribution in [-0.2, 0) is 4.79 Å². The van der Waals surface area contributed by atoms with Crippen LogP contribution in [0.4, 0.5) is 0 Å². The lowest BCUT2D eigenvalue weighted by Gasteiger charge is -2.26. The van der Waals surface area contributed by atoms with Gasteiger partial charge in [-0.15, -0.1) is 0 Å². The number of aliphatic carboxylic acids is 1. The number of benzene rings is 3. The van der Waals surface area contributed by atoms with Crippen LogP contribution in [0, 0.1) is 5.92 Å². The molecule has 8 heteroatoms. The van der Waals surface area contributed by atoms with E-state index in [0.717, 1.165) is 16.7 Å². The Morgan fingerprint density at radius 1 is 0.853 bits per heavy atom. The van der Waals surface area contributed by atoms with Crippen LogP contribution in [0.3, 0.4) is 0 Å². The normalized spacial score (nSPS) is 20.0. The highest BCUT2D eigenvalue weighted by Crippen LogP contribution is 2.57. The molecule has 0 spiro atoms. The zero-order valence-corrected chi connectivity index (χ0v) is 18.9. The first kappa shape index (κ1) is 21.8. The highest BCUT2D eigenvalue weighted by atomic mass is 16.7. The number of ether oxygens (including phenoxy) is 5. The van der Waals surface area contributed by atoms with Gasteiger partial charge in [0.2, 0.25) is 6.79 Å². The van der Waals surface area contributed by atoms with E-state index in [1.807, 2.05) is 12.1 Å². The standard InChI is InChI=1S/C26H24O8/c1-30-15-10-20(31-2)24(21(11-15)32-3)23-16-6-5-14(27)9-17(16)22(25(23)26(28)29)13-4-7-18-19(8-13)34-12-33-18/h4-11,22-23,25,27H,12H2,1-3H3,(H,28,29). The van der Waals surface area contributed by atoms with Crippen LogP contribution in [0.15, 0.2) is 48.5 Å². The second-order valence-electron chi connectivity index (χ2n) is 8.19. The molecule has 1 aliphatic heterocycles. The van der Waals surface area contributed by atoms with E-state index in [0.29, 0.717) is 34.3 Å². The summed E-state index contributed by atoms with van der Waals surface area (Å²) < 4.78 is 27.7. The molecule has 176 valence electrons. The fraction of sp³-hybridized carbons (Fsp3) is 0.269. The topological polar surface area (TPSA) is 104 Å². The second kappa shape index (κ2) is 8.37.